The molecule has 1 atom stereocenters. The monoisotopic (exact) mass is 551 g/mol. The van der Waals surface area contributed by atoms with E-state index in [0.717, 1.165) is 0 Å². The number of carbonyl (C=O) groups excluding carboxylic acids is 1. The number of nitrogens with one attached hydrogen (secondary N) is 1. The van der Waals surface area contributed by atoms with Gasteiger partial charge in [0.25, 0.3) is 0 Å². The van der Waals surface area contributed by atoms with Gasteiger partial charge in [0, 0.05) is 62.2 Å². The number of halogens is 3. The smallest absolute Gasteiger partial charge is 0.162 e. The topological polar surface area (TPSA) is 77.3 Å². The molecule has 188 valence electrons. The van der Waals surface area contributed by atoms with Crippen LogP contribution in [-0.4, -0.2) is 21.7 Å². The van der Waals surface area contributed by atoms with Crippen LogP contribution in [0.3, 0.4) is 0 Å². The lowest BCUT2D eigenvalue weighted by molar-refractivity contribution is -0.118. The Morgan fingerprint density at radius 2 is 1.70 bits per heavy atom. The number of hydrogen-bond acceptors (Lipinski definition) is 4. The van der Waals surface area contributed by atoms with Crippen molar-refractivity contribution in [2.45, 2.75) is 32.6 Å². The van der Waals surface area contributed by atoms with Crippen molar-refractivity contribution in [2.24, 2.45) is 5.41 Å². The number of amidine groups is 1. The molecule has 1 aliphatic heterocycles. The van der Waals surface area contributed by atoms with Crippen LogP contribution in [0.5, 0.6) is 0 Å². The van der Waals surface area contributed by atoms with Crippen molar-refractivity contribution in [3.05, 3.63) is 110 Å². The highest BCUT2D eigenvalue weighted by molar-refractivity contribution is 6.35. The Hall–Kier alpha value is -3.12. The summed E-state index contributed by atoms with van der Waals surface area (Å²) in [6.45, 7) is 4.08. The predicted octanol–water partition coefficient (Wildman–Crippen LogP) is 8.24. The third-order valence-electron chi connectivity index (χ3n) is 6.72. The molecular weight excluding hydrogens is 529 g/mol. The normalized spacial score (nSPS) is 20.7. The van der Waals surface area contributed by atoms with E-state index in [1.165, 1.54) is 0 Å². The molecule has 0 saturated carbocycles. The second-order valence-electron chi connectivity index (χ2n) is 10.1. The van der Waals surface area contributed by atoms with Crippen LogP contribution in [0.1, 0.15) is 43.7 Å². The van der Waals surface area contributed by atoms with Crippen molar-refractivity contribution in [1.82, 2.24) is 4.98 Å². The predicted molar refractivity (Wildman–Crippen MR) is 150 cm³/mol. The van der Waals surface area contributed by atoms with Gasteiger partial charge in [0.1, 0.15) is 11.6 Å². The summed E-state index contributed by atoms with van der Waals surface area (Å²) in [6.07, 6.45) is 4.22. The van der Waals surface area contributed by atoms with Gasteiger partial charge in [-0.1, -0.05) is 54.7 Å². The van der Waals surface area contributed by atoms with Gasteiger partial charge in [-0.15, -0.1) is 0 Å². The first kappa shape index (κ1) is 25.5. The van der Waals surface area contributed by atoms with E-state index < -0.39 is 5.92 Å². The first-order chi connectivity index (χ1) is 17.6. The molecule has 5 rings (SSSR count). The average Bonchev–Trinajstić information content (AvgIpc) is 2.82. The zero-order valence-electron chi connectivity index (χ0n) is 20.2. The van der Waals surface area contributed by atoms with Gasteiger partial charge in [-0.05, 0) is 65.9 Å². The number of ketones is 1. The molecule has 2 heterocycles. The standard InChI is InChI=1S/C29H24Cl3N3O2/c1-29(2)13-22-25(23(36)14-29)24(17-4-3-9-34-15-17)26(27(37)16-5-7-18(30)8-6-16)28(33)35(22)21-11-19(31)10-20(32)12-21/h3-12,15,24,33,37H,13-14H2,1-2H3/b27-26+,33-28?. The minimum absolute atomic E-state index is 0.0314. The fourth-order valence-electron chi connectivity index (χ4n) is 5.21. The van der Waals surface area contributed by atoms with E-state index in [1.807, 2.05) is 19.9 Å². The molecule has 0 radical (unpaired) electrons. The Labute approximate surface area is 230 Å². The molecule has 2 N–H and O–H groups in total. The van der Waals surface area contributed by atoms with Crippen LogP contribution in [0.4, 0.5) is 5.69 Å². The van der Waals surface area contributed by atoms with Crippen LogP contribution in [-0.2, 0) is 4.79 Å². The second kappa shape index (κ2) is 9.64. The minimum Gasteiger partial charge on any atom is -0.507 e. The number of pyridine rings is 1. The van der Waals surface area contributed by atoms with Crippen LogP contribution < -0.4 is 4.90 Å². The maximum Gasteiger partial charge on any atom is 0.162 e. The Morgan fingerprint density at radius 1 is 1.03 bits per heavy atom. The Balaban J connectivity index is 1.86. The van der Waals surface area contributed by atoms with Crippen molar-refractivity contribution >= 4 is 57.9 Å². The third kappa shape index (κ3) is 4.79. The minimum atomic E-state index is -0.679. The molecule has 3 aromatic rings. The van der Waals surface area contributed by atoms with Crippen molar-refractivity contribution in [3.63, 3.8) is 0 Å². The Kier molecular flexibility index (Phi) is 6.65. The summed E-state index contributed by atoms with van der Waals surface area (Å²) in [7, 11) is 0. The number of Topliss-reactive ketones (excluding diaryl/α,β-unsaturated/α-hetero) is 1. The molecular formula is C29H24Cl3N3O2. The van der Waals surface area contributed by atoms with Gasteiger partial charge in [-0.3, -0.25) is 20.1 Å². The molecule has 1 aliphatic carbocycles. The van der Waals surface area contributed by atoms with Crippen molar-refractivity contribution < 1.29 is 9.90 Å². The van der Waals surface area contributed by atoms with Gasteiger partial charge in [0.15, 0.2) is 5.78 Å². The third-order valence-corrected chi connectivity index (χ3v) is 7.41. The number of aromatic nitrogens is 1. The maximum atomic E-state index is 13.8. The van der Waals surface area contributed by atoms with Gasteiger partial charge in [-0.25, -0.2) is 0 Å². The molecule has 0 amide bonds. The molecule has 2 aromatic carbocycles. The maximum absolute atomic E-state index is 13.8. The number of anilines is 1. The van der Waals surface area contributed by atoms with Crippen LogP contribution >= 0.6 is 34.8 Å². The van der Waals surface area contributed by atoms with Gasteiger partial charge in [-0.2, -0.15) is 0 Å². The van der Waals surface area contributed by atoms with Crippen LogP contribution in [0, 0.1) is 10.8 Å². The summed E-state index contributed by atoms with van der Waals surface area (Å²) >= 11 is 18.8. The first-order valence-electron chi connectivity index (χ1n) is 11.8. The SMILES string of the molecule is CC1(C)CC(=O)C2=C(C1)N(c1cc(Cl)cc(Cl)c1)C(=N)/C(=C(/O)c1ccc(Cl)cc1)C2c1cccnc1. The number of nitrogens with zero attached hydrogens (tertiary/aromatic N) is 2. The van der Waals surface area contributed by atoms with Crippen molar-refractivity contribution in [2.75, 3.05) is 4.90 Å². The molecule has 0 spiro atoms. The fraction of sp³-hybridized carbons (Fsp3) is 0.207. The number of hydrogen-bond donors (Lipinski definition) is 2. The lowest BCUT2D eigenvalue weighted by atomic mass is 9.67. The molecule has 1 aromatic heterocycles. The summed E-state index contributed by atoms with van der Waals surface area (Å²) in [5.74, 6) is -0.796. The summed E-state index contributed by atoms with van der Waals surface area (Å²) in [5.41, 5.74) is 2.95. The van der Waals surface area contributed by atoms with Crippen LogP contribution in [0.15, 0.2) is 83.8 Å². The quantitative estimate of drug-likeness (QED) is 0.321. The van der Waals surface area contributed by atoms with Gasteiger partial charge < -0.3 is 5.11 Å². The summed E-state index contributed by atoms with van der Waals surface area (Å²) in [4.78, 5) is 19.8. The zero-order valence-corrected chi connectivity index (χ0v) is 22.5. The lowest BCUT2D eigenvalue weighted by Crippen LogP contribution is -2.45. The first-order valence-corrected chi connectivity index (χ1v) is 12.9. The molecule has 37 heavy (non-hydrogen) atoms. The Morgan fingerprint density at radius 3 is 2.32 bits per heavy atom. The van der Waals surface area contributed by atoms with Gasteiger partial charge in [0.2, 0.25) is 0 Å². The number of rotatable bonds is 3. The van der Waals surface area contributed by atoms with Crippen LogP contribution in [0.25, 0.3) is 5.76 Å². The molecule has 8 heteroatoms. The highest BCUT2D eigenvalue weighted by Gasteiger charge is 2.47. The molecule has 5 nitrogen and oxygen atoms in total. The molecule has 0 saturated heterocycles. The number of carbonyl (C=O) groups is 1. The molecule has 1 unspecified atom stereocenters. The van der Waals surface area contributed by atoms with E-state index in [1.54, 1.807) is 65.8 Å². The van der Waals surface area contributed by atoms with Crippen LogP contribution in [0.2, 0.25) is 15.1 Å². The molecule has 0 fully saturated rings. The number of benzene rings is 2. The van der Waals surface area contributed by atoms with Gasteiger partial charge >= 0.3 is 0 Å². The van der Waals surface area contributed by atoms with E-state index in [0.29, 0.717) is 61.6 Å². The largest absolute Gasteiger partial charge is 0.507 e. The summed E-state index contributed by atoms with van der Waals surface area (Å²) in [6, 6.07) is 15.4. The van der Waals surface area contributed by atoms with E-state index in [2.05, 4.69) is 4.98 Å². The van der Waals surface area contributed by atoms with E-state index in [-0.39, 0.29) is 22.8 Å². The lowest BCUT2D eigenvalue weighted by Gasteiger charge is -2.45. The molecule has 0 bridgehead atoms. The highest BCUT2D eigenvalue weighted by Crippen LogP contribution is 2.51. The number of aliphatic hydroxyl groups excluding tert-OH is 1. The number of allylic oxidation sites excluding steroid dienone is 2. The van der Waals surface area contributed by atoms with E-state index >= 15 is 0 Å². The fourth-order valence-corrected chi connectivity index (χ4v) is 5.85. The highest BCUT2D eigenvalue weighted by atomic mass is 35.5. The second-order valence-corrected chi connectivity index (χ2v) is 11.4. The Bertz CT molecular complexity index is 1460. The summed E-state index contributed by atoms with van der Waals surface area (Å²) in [5, 5.41) is 22.4. The van der Waals surface area contributed by atoms with Crippen molar-refractivity contribution in [3.8, 4) is 0 Å². The van der Waals surface area contributed by atoms with Crippen molar-refractivity contribution in [1.29, 1.82) is 5.41 Å². The zero-order chi connectivity index (χ0) is 26.5. The van der Waals surface area contributed by atoms with E-state index in [4.69, 9.17) is 34.8 Å². The van der Waals surface area contributed by atoms with Gasteiger partial charge in [0.05, 0.1) is 5.69 Å². The number of aliphatic hydroxyl groups is 1. The average molecular weight is 553 g/mol. The molecule has 2 aliphatic rings. The van der Waals surface area contributed by atoms with E-state index in [9.17, 15) is 15.3 Å². The summed E-state index contributed by atoms with van der Waals surface area (Å²) < 4.78 is 0.